The van der Waals surface area contributed by atoms with Crippen molar-refractivity contribution in [2.24, 2.45) is 5.73 Å². The zero-order valence-electron chi connectivity index (χ0n) is 7.83. The fraction of sp³-hybridized carbons (Fsp3) is 0.300. The second-order valence-corrected chi connectivity index (χ2v) is 2.90. The van der Waals surface area contributed by atoms with Gasteiger partial charge in [0.15, 0.2) is 0 Å². The molecule has 1 heterocycles. The van der Waals surface area contributed by atoms with E-state index in [1.807, 2.05) is 19.1 Å². The number of allylic oxidation sites excluding steroid dienone is 1. The van der Waals surface area contributed by atoms with Gasteiger partial charge in [-0.3, -0.25) is 0 Å². The maximum atomic E-state index is 5.71. The summed E-state index contributed by atoms with van der Waals surface area (Å²) in [6.07, 6.45) is 4.64. The van der Waals surface area contributed by atoms with E-state index in [0.717, 1.165) is 17.6 Å². The van der Waals surface area contributed by atoms with Crippen molar-refractivity contribution in [2.75, 3.05) is 12.3 Å². The highest BCUT2D eigenvalue weighted by Crippen LogP contribution is 2.18. The van der Waals surface area contributed by atoms with Gasteiger partial charge in [0.25, 0.3) is 0 Å². The lowest BCUT2D eigenvalue weighted by Gasteiger charge is -2.03. The van der Waals surface area contributed by atoms with Crippen LogP contribution in [0.15, 0.2) is 24.4 Å². The van der Waals surface area contributed by atoms with Gasteiger partial charge in [0.1, 0.15) is 5.82 Å². The van der Waals surface area contributed by atoms with Crippen molar-refractivity contribution < 1.29 is 0 Å². The molecule has 0 atom stereocenters. The van der Waals surface area contributed by atoms with Crippen LogP contribution in [0, 0.1) is 0 Å². The van der Waals surface area contributed by atoms with Crippen LogP contribution in [-0.4, -0.2) is 11.5 Å². The maximum Gasteiger partial charge on any atom is 0.130 e. The van der Waals surface area contributed by atoms with Gasteiger partial charge in [-0.15, -0.1) is 0 Å². The fourth-order valence-electron chi connectivity index (χ4n) is 1.16. The highest BCUT2D eigenvalue weighted by atomic mass is 14.8. The maximum absolute atomic E-state index is 5.71. The molecule has 0 saturated heterocycles. The Morgan fingerprint density at radius 1 is 1.62 bits per heavy atom. The molecule has 0 unspecified atom stereocenters. The second kappa shape index (κ2) is 4.62. The van der Waals surface area contributed by atoms with Gasteiger partial charge >= 0.3 is 0 Å². The quantitative estimate of drug-likeness (QED) is 0.733. The Balaban J connectivity index is 2.88. The lowest BCUT2D eigenvalue weighted by atomic mass is 10.1. The van der Waals surface area contributed by atoms with Gasteiger partial charge in [0.2, 0.25) is 0 Å². The van der Waals surface area contributed by atoms with Crippen molar-refractivity contribution in [1.29, 1.82) is 0 Å². The summed E-state index contributed by atoms with van der Waals surface area (Å²) in [5.41, 5.74) is 13.2. The number of aromatic nitrogens is 1. The molecule has 0 aliphatic rings. The Labute approximate surface area is 78.5 Å². The molecule has 0 radical (unpaired) electrons. The van der Waals surface area contributed by atoms with Gasteiger partial charge < -0.3 is 11.5 Å². The lowest BCUT2D eigenvalue weighted by molar-refractivity contribution is 1.01. The Hall–Kier alpha value is -1.35. The summed E-state index contributed by atoms with van der Waals surface area (Å²) in [6.45, 7) is 2.68. The predicted octanol–water partition coefficient (Wildman–Crippen LogP) is 1.42. The van der Waals surface area contributed by atoms with Crippen molar-refractivity contribution in [1.82, 2.24) is 4.98 Å². The van der Waals surface area contributed by atoms with Gasteiger partial charge in [-0.2, -0.15) is 0 Å². The van der Waals surface area contributed by atoms with Crippen LogP contribution in [0.3, 0.4) is 0 Å². The third kappa shape index (κ3) is 2.56. The van der Waals surface area contributed by atoms with E-state index in [-0.39, 0.29) is 0 Å². The first-order valence-electron chi connectivity index (χ1n) is 4.33. The molecule has 0 saturated carbocycles. The lowest BCUT2D eigenvalue weighted by Crippen LogP contribution is -1.98. The molecule has 0 aliphatic heterocycles. The Morgan fingerprint density at radius 3 is 3.00 bits per heavy atom. The highest BCUT2D eigenvalue weighted by Gasteiger charge is 1.99. The molecule has 3 nitrogen and oxygen atoms in total. The number of anilines is 1. The van der Waals surface area contributed by atoms with Crippen LogP contribution in [-0.2, 0) is 0 Å². The minimum atomic E-state index is 0.577. The minimum Gasteiger partial charge on any atom is -0.383 e. The van der Waals surface area contributed by atoms with Crippen LogP contribution in [0.2, 0.25) is 0 Å². The van der Waals surface area contributed by atoms with Crippen LogP contribution in [0.4, 0.5) is 5.82 Å². The van der Waals surface area contributed by atoms with E-state index in [1.165, 1.54) is 0 Å². The second-order valence-electron chi connectivity index (χ2n) is 2.90. The monoisotopic (exact) mass is 177 g/mol. The fourth-order valence-corrected chi connectivity index (χ4v) is 1.16. The number of pyridine rings is 1. The molecule has 0 aliphatic carbocycles. The topological polar surface area (TPSA) is 64.9 Å². The molecule has 0 bridgehead atoms. The summed E-state index contributed by atoms with van der Waals surface area (Å²) in [4.78, 5) is 4.01. The number of nitrogens with zero attached hydrogens (tertiary/aromatic N) is 1. The van der Waals surface area contributed by atoms with Gasteiger partial charge in [-0.25, -0.2) is 4.98 Å². The van der Waals surface area contributed by atoms with E-state index < -0.39 is 0 Å². The molecule has 0 amide bonds. The zero-order chi connectivity index (χ0) is 9.68. The Kier molecular flexibility index (Phi) is 3.46. The molecule has 0 fully saturated rings. The SMILES string of the molecule is C/C(=C/CCN)c1cccnc1N. The predicted molar refractivity (Wildman–Crippen MR) is 56.0 cm³/mol. The summed E-state index contributed by atoms with van der Waals surface area (Å²) < 4.78 is 0. The summed E-state index contributed by atoms with van der Waals surface area (Å²) in [6, 6.07) is 3.84. The smallest absolute Gasteiger partial charge is 0.130 e. The summed E-state index contributed by atoms with van der Waals surface area (Å²) in [7, 11) is 0. The largest absolute Gasteiger partial charge is 0.383 e. The first-order valence-corrected chi connectivity index (χ1v) is 4.33. The van der Waals surface area contributed by atoms with Crippen LogP contribution < -0.4 is 11.5 Å². The number of hydrogen-bond acceptors (Lipinski definition) is 3. The van der Waals surface area contributed by atoms with Gasteiger partial charge in [0, 0.05) is 11.8 Å². The molecule has 1 rings (SSSR count). The number of rotatable bonds is 3. The average Bonchev–Trinajstić information content (AvgIpc) is 2.15. The van der Waals surface area contributed by atoms with Crippen molar-refractivity contribution >= 4 is 11.4 Å². The average molecular weight is 177 g/mol. The van der Waals surface area contributed by atoms with E-state index in [2.05, 4.69) is 11.1 Å². The van der Waals surface area contributed by atoms with E-state index in [4.69, 9.17) is 11.5 Å². The molecule has 1 aromatic rings. The Morgan fingerprint density at radius 2 is 2.38 bits per heavy atom. The van der Waals surface area contributed by atoms with Crippen molar-refractivity contribution in [3.05, 3.63) is 30.0 Å². The molecule has 13 heavy (non-hydrogen) atoms. The summed E-state index contributed by atoms with van der Waals surface area (Å²) in [5, 5.41) is 0. The molecule has 4 N–H and O–H groups in total. The molecule has 0 spiro atoms. The van der Waals surface area contributed by atoms with Crippen LogP contribution in [0.1, 0.15) is 18.9 Å². The number of nitrogens with two attached hydrogens (primary N) is 2. The van der Waals surface area contributed by atoms with E-state index in [1.54, 1.807) is 6.20 Å². The molecule has 0 aromatic carbocycles. The number of hydrogen-bond donors (Lipinski definition) is 2. The van der Waals surface area contributed by atoms with Crippen molar-refractivity contribution in [3.8, 4) is 0 Å². The van der Waals surface area contributed by atoms with Gasteiger partial charge in [0.05, 0.1) is 0 Å². The highest BCUT2D eigenvalue weighted by molar-refractivity contribution is 5.71. The molecule has 1 aromatic heterocycles. The standard InChI is InChI=1S/C10H15N3/c1-8(4-2-6-11)9-5-3-7-13-10(9)12/h3-5,7H,2,6,11H2,1H3,(H2,12,13)/b8-4-. The van der Waals surface area contributed by atoms with Gasteiger partial charge in [-0.1, -0.05) is 6.08 Å². The molecule has 70 valence electrons. The summed E-state index contributed by atoms with van der Waals surface area (Å²) >= 11 is 0. The van der Waals surface area contributed by atoms with Crippen LogP contribution >= 0.6 is 0 Å². The first kappa shape index (κ1) is 9.74. The van der Waals surface area contributed by atoms with Crippen LogP contribution in [0.25, 0.3) is 5.57 Å². The first-order chi connectivity index (χ1) is 6.25. The van der Waals surface area contributed by atoms with E-state index in [9.17, 15) is 0 Å². The van der Waals surface area contributed by atoms with E-state index >= 15 is 0 Å². The van der Waals surface area contributed by atoms with Gasteiger partial charge in [-0.05, 0) is 37.6 Å². The van der Waals surface area contributed by atoms with Crippen molar-refractivity contribution in [2.45, 2.75) is 13.3 Å². The third-order valence-corrected chi connectivity index (χ3v) is 1.88. The van der Waals surface area contributed by atoms with E-state index in [0.29, 0.717) is 12.4 Å². The molecular weight excluding hydrogens is 162 g/mol. The number of nitrogen functional groups attached to an aromatic ring is 1. The van der Waals surface area contributed by atoms with Crippen LogP contribution in [0.5, 0.6) is 0 Å². The Bertz CT molecular complexity index is 305. The molecular formula is C10H15N3. The normalized spacial score (nSPS) is 11.7. The zero-order valence-corrected chi connectivity index (χ0v) is 7.83. The molecule has 3 heteroatoms. The third-order valence-electron chi connectivity index (χ3n) is 1.88. The summed E-state index contributed by atoms with van der Waals surface area (Å²) in [5.74, 6) is 0.577. The minimum absolute atomic E-state index is 0.577. The van der Waals surface area contributed by atoms with Crippen molar-refractivity contribution in [3.63, 3.8) is 0 Å².